The molecule has 1 atom stereocenters. The van der Waals surface area contributed by atoms with Gasteiger partial charge in [-0.2, -0.15) is 0 Å². The molecule has 0 saturated carbocycles. The summed E-state index contributed by atoms with van der Waals surface area (Å²) in [6, 6.07) is 27.9. The Labute approximate surface area is 240 Å². The van der Waals surface area contributed by atoms with Crippen LogP contribution in [-0.2, 0) is 17.8 Å². The fraction of sp³-hybridized carbons (Fsp3) is 0.212. The SMILES string of the molecule is O=c1oc2cc(Oc3cccc(Cn4c(=O)oc5cc(OC6CCCCO6)ccc54)c3)ccc2n1Cc1ccccc1. The maximum absolute atomic E-state index is 12.8. The molecular formula is C33H28N2O7. The van der Waals surface area contributed by atoms with Gasteiger partial charge in [-0.15, -0.1) is 0 Å². The van der Waals surface area contributed by atoms with Gasteiger partial charge in [0.25, 0.3) is 0 Å². The topological polar surface area (TPSA) is 98.0 Å². The molecule has 9 nitrogen and oxygen atoms in total. The third kappa shape index (κ3) is 5.34. The number of aromatic nitrogens is 2. The molecule has 1 aliphatic rings. The zero-order valence-corrected chi connectivity index (χ0v) is 22.7. The first-order valence-corrected chi connectivity index (χ1v) is 13.9. The fourth-order valence-corrected chi connectivity index (χ4v) is 5.28. The largest absolute Gasteiger partial charge is 0.465 e. The van der Waals surface area contributed by atoms with Gasteiger partial charge < -0.3 is 23.0 Å². The lowest BCUT2D eigenvalue weighted by Gasteiger charge is -2.23. The van der Waals surface area contributed by atoms with Crippen molar-refractivity contribution in [2.75, 3.05) is 6.61 Å². The summed E-state index contributed by atoms with van der Waals surface area (Å²) in [5.41, 5.74) is 4.12. The number of rotatable bonds is 8. The van der Waals surface area contributed by atoms with Crippen LogP contribution in [-0.4, -0.2) is 22.0 Å². The number of benzene rings is 4. The second-order valence-electron chi connectivity index (χ2n) is 10.3. The van der Waals surface area contributed by atoms with E-state index in [-0.39, 0.29) is 6.29 Å². The van der Waals surface area contributed by atoms with Gasteiger partial charge in [0.1, 0.15) is 17.2 Å². The lowest BCUT2D eigenvalue weighted by atomic mass is 10.2. The average molecular weight is 565 g/mol. The van der Waals surface area contributed by atoms with E-state index in [2.05, 4.69) is 0 Å². The predicted molar refractivity (Wildman–Crippen MR) is 156 cm³/mol. The highest BCUT2D eigenvalue weighted by atomic mass is 16.7. The molecule has 9 heteroatoms. The van der Waals surface area contributed by atoms with Crippen molar-refractivity contribution in [3.05, 3.63) is 123 Å². The van der Waals surface area contributed by atoms with Crippen LogP contribution in [0.2, 0.25) is 0 Å². The van der Waals surface area contributed by atoms with E-state index in [0.717, 1.165) is 30.4 Å². The molecule has 0 bridgehead atoms. The van der Waals surface area contributed by atoms with Crippen LogP contribution in [0.3, 0.4) is 0 Å². The van der Waals surface area contributed by atoms with Crippen LogP contribution in [0.1, 0.15) is 30.4 Å². The van der Waals surface area contributed by atoms with Gasteiger partial charge in [0.15, 0.2) is 17.5 Å². The summed E-state index contributed by atoms with van der Waals surface area (Å²) in [5.74, 6) is 0.839. The van der Waals surface area contributed by atoms with Crippen molar-refractivity contribution in [2.24, 2.45) is 0 Å². The van der Waals surface area contributed by atoms with Crippen molar-refractivity contribution < 1.29 is 23.0 Å². The minimum Gasteiger partial charge on any atom is -0.465 e. The molecular weight excluding hydrogens is 536 g/mol. The molecule has 1 unspecified atom stereocenters. The molecule has 42 heavy (non-hydrogen) atoms. The van der Waals surface area contributed by atoms with Crippen molar-refractivity contribution >= 4 is 22.2 Å². The summed E-state index contributed by atoms with van der Waals surface area (Å²) in [6.07, 6.45) is 2.66. The van der Waals surface area contributed by atoms with Gasteiger partial charge in [0, 0.05) is 18.6 Å². The summed E-state index contributed by atoms with van der Waals surface area (Å²) in [7, 11) is 0. The van der Waals surface area contributed by atoms with Crippen LogP contribution in [0.4, 0.5) is 0 Å². The van der Waals surface area contributed by atoms with Gasteiger partial charge in [-0.3, -0.25) is 9.13 Å². The van der Waals surface area contributed by atoms with Gasteiger partial charge in [0.2, 0.25) is 0 Å². The number of oxazole rings is 2. The lowest BCUT2D eigenvalue weighted by Crippen LogP contribution is -2.24. The van der Waals surface area contributed by atoms with E-state index in [1.54, 1.807) is 27.3 Å². The van der Waals surface area contributed by atoms with Crippen molar-refractivity contribution in [2.45, 2.75) is 38.6 Å². The predicted octanol–water partition coefficient (Wildman–Crippen LogP) is 6.30. The average Bonchev–Trinajstić information content (AvgIpc) is 3.48. The Morgan fingerprint density at radius 1 is 0.667 bits per heavy atom. The second kappa shape index (κ2) is 11.1. The third-order valence-corrected chi connectivity index (χ3v) is 7.34. The van der Waals surface area contributed by atoms with Gasteiger partial charge in [-0.25, -0.2) is 9.59 Å². The van der Waals surface area contributed by atoms with E-state index in [9.17, 15) is 9.59 Å². The molecule has 0 aliphatic carbocycles. The number of hydrogen-bond acceptors (Lipinski definition) is 7. The Hall–Kier alpha value is -5.02. The lowest BCUT2D eigenvalue weighted by molar-refractivity contribution is -0.105. The maximum Gasteiger partial charge on any atom is 0.420 e. The zero-order valence-electron chi connectivity index (χ0n) is 22.7. The Balaban J connectivity index is 1.08. The Bertz CT molecular complexity index is 1980. The molecule has 2 aromatic heterocycles. The molecule has 3 heterocycles. The van der Waals surface area contributed by atoms with Gasteiger partial charge in [-0.1, -0.05) is 42.5 Å². The van der Waals surface area contributed by atoms with Crippen molar-refractivity contribution in [1.82, 2.24) is 9.13 Å². The van der Waals surface area contributed by atoms with E-state index >= 15 is 0 Å². The Kier molecular flexibility index (Phi) is 6.85. The van der Waals surface area contributed by atoms with Gasteiger partial charge in [-0.05, 0) is 60.4 Å². The van der Waals surface area contributed by atoms with Crippen molar-refractivity contribution in [1.29, 1.82) is 0 Å². The Morgan fingerprint density at radius 2 is 1.31 bits per heavy atom. The third-order valence-electron chi connectivity index (χ3n) is 7.34. The molecule has 4 aromatic carbocycles. The van der Waals surface area contributed by atoms with Crippen LogP contribution in [0, 0.1) is 0 Å². The highest BCUT2D eigenvalue weighted by molar-refractivity contribution is 5.75. The molecule has 0 N–H and O–H groups in total. The van der Waals surface area contributed by atoms with Crippen LogP contribution >= 0.6 is 0 Å². The second-order valence-corrected chi connectivity index (χ2v) is 10.3. The molecule has 1 aliphatic heterocycles. The van der Waals surface area contributed by atoms with E-state index in [1.165, 1.54) is 0 Å². The van der Waals surface area contributed by atoms with Crippen LogP contribution in [0.15, 0.2) is 109 Å². The van der Waals surface area contributed by atoms with Crippen molar-refractivity contribution in [3.63, 3.8) is 0 Å². The molecule has 0 amide bonds. The minimum atomic E-state index is -0.456. The first-order chi connectivity index (χ1) is 20.6. The smallest absolute Gasteiger partial charge is 0.420 e. The highest BCUT2D eigenvalue weighted by Crippen LogP contribution is 2.28. The van der Waals surface area contributed by atoms with E-state index in [0.29, 0.717) is 59.1 Å². The zero-order chi connectivity index (χ0) is 28.5. The summed E-state index contributed by atoms with van der Waals surface area (Å²) in [4.78, 5) is 25.3. The standard InChI is InChI=1S/C33H28N2O7/c36-32-34(20-22-7-2-1-3-8-22)27-14-12-25(18-29(27)41-32)39-24-10-6-9-23(17-24)21-35-28-15-13-26(19-30(28)42-33(35)37)40-31-11-4-5-16-38-31/h1-3,6-10,12-15,17-19,31H,4-5,11,16,20-21H2. The number of ether oxygens (including phenoxy) is 3. The summed E-state index contributed by atoms with van der Waals surface area (Å²) in [6.45, 7) is 1.40. The van der Waals surface area contributed by atoms with E-state index in [4.69, 9.17) is 23.0 Å². The highest BCUT2D eigenvalue weighted by Gasteiger charge is 2.17. The molecule has 212 valence electrons. The summed E-state index contributed by atoms with van der Waals surface area (Å²) >= 11 is 0. The normalized spacial score (nSPS) is 15.3. The fourth-order valence-electron chi connectivity index (χ4n) is 5.28. The van der Waals surface area contributed by atoms with Crippen LogP contribution in [0.5, 0.6) is 17.2 Å². The first kappa shape index (κ1) is 25.9. The number of fused-ring (bicyclic) bond motifs is 2. The quantitative estimate of drug-likeness (QED) is 0.214. The van der Waals surface area contributed by atoms with E-state index in [1.807, 2.05) is 72.8 Å². The maximum atomic E-state index is 12.8. The van der Waals surface area contributed by atoms with Crippen LogP contribution in [0.25, 0.3) is 22.2 Å². The van der Waals surface area contributed by atoms with E-state index < -0.39 is 11.5 Å². The molecule has 0 spiro atoms. The summed E-state index contributed by atoms with van der Waals surface area (Å²) in [5, 5.41) is 0. The summed E-state index contributed by atoms with van der Waals surface area (Å²) < 4.78 is 31.9. The Morgan fingerprint density at radius 3 is 2.02 bits per heavy atom. The molecule has 0 radical (unpaired) electrons. The molecule has 7 rings (SSSR count). The minimum absolute atomic E-state index is 0.279. The molecule has 1 saturated heterocycles. The number of hydrogen-bond donors (Lipinski definition) is 0. The number of nitrogens with zero attached hydrogens (tertiary/aromatic N) is 2. The van der Waals surface area contributed by atoms with Gasteiger partial charge in [0.05, 0.1) is 30.7 Å². The van der Waals surface area contributed by atoms with Gasteiger partial charge >= 0.3 is 11.5 Å². The van der Waals surface area contributed by atoms with Crippen LogP contribution < -0.4 is 21.0 Å². The first-order valence-electron chi connectivity index (χ1n) is 13.9. The monoisotopic (exact) mass is 564 g/mol. The van der Waals surface area contributed by atoms with Crippen molar-refractivity contribution in [3.8, 4) is 17.2 Å². The molecule has 6 aromatic rings. The molecule has 1 fully saturated rings.